The number of benzene rings is 2. The van der Waals surface area contributed by atoms with Gasteiger partial charge in [-0.15, -0.1) is 0 Å². The van der Waals surface area contributed by atoms with Gasteiger partial charge in [-0.25, -0.2) is 0 Å². The average molecular weight is 376 g/mol. The molecule has 138 valence electrons. The van der Waals surface area contributed by atoms with Crippen molar-refractivity contribution in [1.29, 1.82) is 0 Å². The van der Waals surface area contributed by atoms with Gasteiger partial charge >= 0.3 is 5.97 Å². The van der Waals surface area contributed by atoms with Crippen molar-refractivity contribution in [1.82, 2.24) is 0 Å². The predicted octanol–water partition coefficient (Wildman–Crippen LogP) is 4.16. The molecule has 0 unspecified atom stereocenters. The average Bonchev–Trinajstić information content (AvgIpc) is 2.63. The number of amides is 1. The van der Waals surface area contributed by atoms with Gasteiger partial charge in [-0.3, -0.25) is 9.59 Å². The summed E-state index contributed by atoms with van der Waals surface area (Å²) in [6, 6.07) is 12.7. The van der Waals surface area contributed by atoms with Crippen LogP contribution >= 0.6 is 11.6 Å². The van der Waals surface area contributed by atoms with Crippen molar-refractivity contribution >= 4 is 29.2 Å². The Morgan fingerprint density at radius 2 is 1.88 bits per heavy atom. The van der Waals surface area contributed by atoms with E-state index in [1.54, 1.807) is 25.3 Å². The lowest BCUT2D eigenvalue weighted by atomic mass is 10.1. The number of nitrogens with one attached hydrogen (secondary N) is 1. The molecule has 1 N–H and O–H groups in total. The molecule has 0 spiro atoms. The number of carbonyl (C=O) groups excluding carboxylic acids is 2. The summed E-state index contributed by atoms with van der Waals surface area (Å²) in [5.41, 5.74) is 2.27. The molecule has 0 bridgehead atoms. The lowest BCUT2D eigenvalue weighted by molar-refractivity contribution is -0.153. The Morgan fingerprint density at radius 3 is 2.62 bits per heavy atom. The van der Waals surface area contributed by atoms with Crippen LogP contribution in [0.4, 0.5) is 5.69 Å². The van der Waals surface area contributed by atoms with Crippen molar-refractivity contribution in [3.05, 3.63) is 58.6 Å². The molecule has 1 amide bonds. The number of para-hydroxylation sites is 1. The van der Waals surface area contributed by atoms with E-state index in [0.717, 1.165) is 16.9 Å². The fraction of sp³-hybridized carbons (Fsp3) is 0.300. The molecule has 6 heteroatoms. The fourth-order valence-electron chi connectivity index (χ4n) is 2.43. The Labute approximate surface area is 158 Å². The van der Waals surface area contributed by atoms with Crippen LogP contribution in [0, 0.1) is 6.92 Å². The zero-order chi connectivity index (χ0) is 19.1. The quantitative estimate of drug-likeness (QED) is 0.738. The molecule has 0 saturated carbocycles. The minimum atomic E-state index is -0.904. The molecule has 2 aromatic rings. The Kier molecular flexibility index (Phi) is 7.04. The number of hydrogen-bond acceptors (Lipinski definition) is 4. The van der Waals surface area contributed by atoms with Gasteiger partial charge in [-0.1, -0.05) is 35.9 Å². The third-order valence-electron chi connectivity index (χ3n) is 3.99. The summed E-state index contributed by atoms with van der Waals surface area (Å²) in [5.74, 6) is -0.120. The summed E-state index contributed by atoms with van der Waals surface area (Å²) in [5, 5.41) is 3.29. The maximum absolute atomic E-state index is 12.2. The van der Waals surface area contributed by atoms with Crippen LogP contribution in [0.15, 0.2) is 42.5 Å². The Balaban J connectivity index is 1.88. The molecule has 0 aliphatic carbocycles. The van der Waals surface area contributed by atoms with Gasteiger partial charge in [-0.05, 0) is 49.6 Å². The van der Waals surface area contributed by atoms with E-state index in [0.29, 0.717) is 17.1 Å². The zero-order valence-corrected chi connectivity index (χ0v) is 15.8. The van der Waals surface area contributed by atoms with E-state index >= 15 is 0 Å². The maximum atomic E-state index is 12.2. The first kappa shape index (κ1) is 19.8. The summed E-state index contributed by atoms with van der Waals surface area (Å²) >= 11 is 6.04. The van der Waals surface area contributed by atoms with Gasteiger partial charge in [0.05, 0.1) is 7.11 Å². The predicted molar refractivity (Wildman–Crippen MR) is 102 cm³/mol. The molecule has 0 radical (unpaired) electrons. The second kappa shape index (κ2) is 9.25. The second-order valence-electron chi connectivity index (χ2n) is 5.85. The maximum Gasteiger partial charge on any atom is 0.306 e. The standard InChI is InChI=1S/C20H22ClNO4/c1-13-16(21)8-6-9-17(13)22-20(24)14(2)26-19(23)12-11-15-7-4-5-10-18(15)25-3/h4-10,14H,11-12H2,1-3H3,(H,22,24)/t14-/m1/s1. The summed E-state index contributed by atoms with van der Waals surface area (Å²) < 4.78 is 10.5. The highest BCUT2D eigenvalue weighted by atomic mass is 35.5. The number of hydrogen-bond donors (Lipinski definition) is 1. The monoisotopic (exact) mass is 375 g/mol. The van der Waals surface area contributed by atoms with Gasteiger partial charge in [0, 0.05) is 17.1 Å². The normalized spacial score (nSPS) is 11.5. The Morgan fingerprint density at radius 1 is 1.15 bits per heavy atom. The van der Waals surface area contributed by atoms with E-state index in [2.05, 4.69) is 5.32 Å². The van der Waals surface area contributed by atoms with Gasteiger partial charge in [0.25, 0.3) is 5.91 Å². The first-order chi connectivity index (χ1) is 12.4. The van der Waals surface area contributed by atoms with Crippen molar-refractivity contribution < 1.29 is 19.1 Å². The van der Waals surface area contributed by atoms with Crippen molar-refractivity contribution in [3.63, 3.8) is 0 Å². The Bertz CT molecular complexity index is 791. The van der Waals surface area contributed by atoms with Gasteiger partial charge in [-0.2, -0.15) is 0 Å². The molecule has 0 saturated heterocycles. The van der Waals surface area contributed by atoms with Crippen LogP contribution in [0.25, 0.3) is 0 Å². The van der Waals surface area contributed by atoms with Crippen molar-refractivity contribution in [2.75, 3.05) is 12.4 Å². The summed E-state index contributed by atoms with van der Waals surface area (Å²) in [6.45, 7) is 3.35. The third-order valence-corrected chi connectivity index (χ3v) is 4.40. The highest BCUT2D eigenvalue weighted by Gasteiger charge is 2.19. The first-order valence-corrected chi connectivity index (χ1v) is 8.67. The van der Waals surface area contributed by atoms with Crippen LogP contribution in [0.1, 0.15) is 24.5 Å². The van der Waals surface area contributed by atoms with E-state index in [1.807, 2.05) is 31.2 Å². The van der Waals surface area contributed by atoms with Crippen LogP contribution in [0.3, 0.4) is 0 Å². The molecule has 26 heavy (non-hydrogen) atoms. The topological polar surface area (TPSA) is 64.6 Å². The van der Waals surface area contributed by atoms with E-state index in [9.17, 15) is 9.59 Å². The number of ether oxygens (including phenoxy) is 2. The highest BCUT2D eigenvalue weighted by Crippen LogP contribution is 2.23. The van der Waals surface area contributed by atoms with Gasteiger partial charge in [0.15, 0.2) is 6.10 Å². The van der Waals surface area contributed by atoms with Crippen LogP contribution in [-0.4, -0.2) is 25.1 Å². The minimum absolute atomic E-state index is 0.161. The van der Waals surface area contributed by atoms with Crippen LogP contribution in [0.5, 0.6) is 5.75 Å². The number of anilines is 1. The van der Waals surface area contributed by atoms with E-state index in [-0.39, 0.29) is 6.42 Å². The van der Waals surface area contributed by atoms with Gasteiger partial charge in [0.1, 0.15) is 5.75 Å². The second-order valence-corrected chi connectivity index (χ2v) is 6.25. The number of aryl methyl sites for hydroxylation is 1. The number of carbonyl (C=O) groups is 2. The number of rotatable bonds is 7. The van der Waals surface area contributed by atoms with Crippen LogP contribution in [-0.2, 0) is 20.7 Å². The van der Waals surface area contributed by atoms with E-state index in [1.165, 1.54) is 6.92 Å². The largest absolute Gasteiger partial charge is 0.496 e. The molecule has 0 aliphatic rings. The molecule has 2 aromatic carbocycles. The summed E-state index contributed by atoms with van der Waals surface area (Å²) in [6.07, 6.45) is -0.266. The smallest absolute Gasteiger partial charge is 0.306 e. The van der Waals surface area contributed by atoms with Crippen molar-refractivity contribution in [2.24, 2.45) is 0 Å². The molecule has 0 aromatic heterocycles. The SMILES string of the molecule is COc1ccccc1CCC(=O)O[C@H](C)C(=O)Nc1cccc(Cl)c1C. The summed E-state index contributed by atoms with van der Waals surface area (Å²) in [4.78, 5) is 24.3. The number of methoxy groups -OCH3 is 1. The van der Waals surface area contributed by atoms with Crippen molar-refractivity contribution in [2.45, 2.75) is 32.8 Å². The molecule has 1 atom stereocenters. The van der Waals surface area contributed by atoms with Crippen LogP contribution < -0.4 is 10.1 Å². The molecule has 0 fully saturated rings. The fourth-order valence-corrected chi connectivity index (χ4v) is 2.61. The van der Waals surface area contributed by atoms with Gasteiger partial charge in [0.2, 0.25) is 0 Å². The highest BCUT2D eigenvalue weighted by molar-refractivity contribution is 6.31. The first-order valence-electron chi connectivity index (χ1n) is 8.29. The third kappa shape index (κ3) is 5.23. The Hall–Kier alpha value is -2.53. The number of esters is 1. The van der Waals surface area contributed by atoms with Gasteiger partial charge < -0.3 is 14.8 Å². The molecule has 0 heterocycles. The van der Waals surface area contributed by atoms with Crippen molar-refractivity contribution in [3.8, 4) is 5.75 Å². The zero-order valence-electron chi connectivity index (χ0n) is 15.0. The number of halogens is 1. The van der Waals surface area contributed by atoms with Crippen LogP contribution in [0.2, 0.25) is 5.02 Å². The molecular weight excluding hydrogens is 354 g/mol. The van der Waals surface area contributed by atoms with E-state index in [4.69, 9.17) is 21.1 Å². The van der Waals surface area contributed by atoms with E-state index < -0.39 is 18.0 Å². The molecule has 2 rings (SSSR count). The molecule has 0 aliphatic heterocycles. The minimum Gasteiger partial charge on any atom is -0.496 e. The lowest BCUT2D eigenvalue weighted by Gasteiger charge is -2.15. The molecular formula is C20H22ClNO4. The lowest BCUT2D eigenvalue weighted by Crippen LogP contribution is -2.30. The molecule has 5 nitrogen and oxygen atoms in total. The summed E-state index contributed by atoms with van der Waals surface area (Å²) in [7, 11) is 1.58.